The number of hydrogen-bond acceptors (Lipinski definition) is 12. The minimum atomic E-state index is -0.594. The Kier molecular flexibility index (Phi) is 19.0. The zero-order valence-electron chi connectivity index (χ0n) is 47.7. The Hall–Kier alpha value is -7.74. The van der Waals surface area contributed by atoms with E-state index in [9.17, 15) is 19.2 Å². The topological polar surface area (TPSA) is 144 Å². The van der Waals surface area contributed by atoms with Gasteiger partial charge in [-0.3, -0.25) is 9.97 Å². The molecule has 4 heterocycles. The van der Waals surface area contributed by atoms with Crippen molar-refractivity contribution in [3.05, 3.63) is 177 Å². The van der Waals surface area contributed by atoms with Crippen LogP contribution < -0.4 is 9.80 Å². The van der Waals surface area contributed by atoms with Crippen molar-refractivity contribution in [3.8, 4) is 0 Å². The number of rotatable bonds is 14. The third-order valence-electron chi connectivity index (χ3n) is 14.5. The van der Waals surface area contributed by atoms with Crippen LogP contribution in [0, 0.1) is 0 Å². The molecule has 4 aromatic carbocycles. The van der Waals surface area contributed by atoms with Gasteiger partial charge in [-0.15, -0.1) is 0 Å². The highest BCUT2D eigenvalue weighted by Crippen LogP contribution is 2.40. The molecule has 0 unspecified atom stereocenters. The molecule has 412 valence electrons. The van der Waals surface area contributed by atoms with E-state index >= 15 is 0 Å². The molecule has 14 nitrogen and oxygen atoms in total. The molecule has 0 bridgehead atoms. The van der Waals surface area contributed by atoms with Crippen molar-refractivity contribution in [1.29, 1.82) is 0 Å². The highest BCUT2D eigenvalue weighted by Gasteiger charge is 2.36. The van der Waals surface area contributed by atoms with E-state index in [0.717, 1.165) is 70.7 Å². The van der Waals surface area contributed by atoms with Gasteiger partial charge in [-0.2, -0.15) is 0 Å². The summed E-state index contributed by atoms with van der Waals surface area (Å²) in [7, 11) is 6.90. The van der Waals surface area contributed by atoms with Gasteiger partial charge in [0.1, 0.15) is 11.2 Å². The first-order valence-electron chi connectivity index (χ1n) is 27.1. The highest BCUT2D eigenvalue weighted by atomic mass is 16.6. The van der Waals surface area contributed by atoms with Crippen LogP contribution in [0.25, 0.3) is 0 Å². The van der Waals surface area contributed by atoms with E-state index in [0.29, 0.717) is 49.9 Å². The van der Waals surface area contributed by atoms with Crippen LogP contribution in [0.2, 0.25) is 0 Å². The summed E-state index contributed by atoms with van der Waals surface area (Å²) >= 11 is 0. The molecule has 2 aliphatic heterocycles. The number of methoxy groups -OCH3 is 2. The zero-order valence-corrected chi connectivity index (χ0v) is 47.7. The monoisotopic (exact) mass is 1060 g/mol. The maximum absolute atomic E-state index is 13.3. The summed E-state index contributed by atoms with van der Waals surface area (Å²) in [5.41, 5.74) is 13.1. The molecular weight excluding hydrogens is 981 g/mol. The lowest BCUT2D eigenvalue weighted by atomic mass is 9.88. The molecule has 0 aliphatic carbocycles. The Labute approximate surface area is 461 Å². The molecule has 0 spiro atoms. The molecule has 14 heteroatoms. The van der Waals surface area contributed by atoms with Crippen LogP contribution in [0.3, 0.4) is 0 Å². The van der Waals surface area contributed by atoms with Crippen molar-refractivity contribution in [1.82, 2.24) is 19.8 Å². The summed E-state index contributed by atoms with van der Waals surface area (Å²) in [5.74, 6) is -0.778. The maximum Gasteiger partial charge on any atom is 0.410 e. The van der Waals surface area contributed by atoms with Gasteiger partial charge in [0, 0.05) is 74.7 Å². The molecule has 8 rings (SSSR count). The fraction of sp³-hybridized carbons (Fsp3) is 0.406. The Morgan fingerprint density at radius 1 is 0.538 bits per heavy atom. The van der Waals surface area contributed by atoms with E-state index in [1.165, 1.54) is 36.5 Å². The Bertz CT molecular complexity index is 2830. The van der Waals surface area contributed by atoms with Gasteiger partial charge in [0.15, 0.2) is 0 Å². The van der Waals surface area contributed by atoms with Crippen LogP contribution in [-0.2, 0) is 57.5 Å². The molecule has 2 atom stereocenters. The van der Waals surface area contributed by atoms with Crippen LogP contribution in [0.4, 0.5) is 32.3 Å². The molecule has 2 aromatic heterocycles. The average molecular weight is 1060 g/mol. The molecule has 0 radical (unpaired) electrons. The van der Waals surface area contributed by atoms with Gasteiger partial charge in [0.2, 0.25) is 0 Å². The van der Waals surface area contributed by atoms with E-state index in [-0.39, 0.29) is 36.2 Å². The number of nitrogens with zero attached hydrogens (tertiary/aromatic N) is 6. The highest BCUT2D eigenvalue weighted by molar-refractivity contribution is 5.91. The molecule has 2 aliphatic rings. The number of benzene rings is 4. The van der Waals surface area contributed by atoms with Gasteiger partial charge in [0.05, 0.1) is 37.4 Å². The number of hydrogen-bond donors (Lipinski definition) is 0. The molecule has 0 N–H and O–H groups in total. The first-order chi connectivity index (χ1) is 37.2. The van der Waals surface area contributed by atoms with Gasteiger partial charge < -0.3 is 38.5 Å². The Morgan fingerprint density at radius 2 is 0.897 bits per heavy atom. The number of aromatic nitrogens is 2. The largest absolute Gasteiger partial charge is 0.465 e. The molecule has 0 fully saturated rings. The predicted octanol–water partition coefficient (Wildman–Crippen LogP) is 13.3. The van der Waals surface area contributed by atoms with Crippen LogP contribution in [0.15, 0.2) is 122 Å². The second-order valence-corrected chi connectivity index (χ2v) is 21.9. The van der Waals surface area contributed by atoms with Crippen molar-refractivity contribution >= 4 is 46.9 Å². The van der Waals surface area contributed by atoms with E-state index in [1.54, 1.807) is 36.9 Å². The molecule has 2 amide bonds. The third kappa shape index (κ3) is 14.4. The van der Waals surface area contributed by atoms with Gasteiger partial charge in [0.25, 0.3) is 0 Å². The number of amides is 2. The summed E-state index contributed by atoms with van der Waals surface area (Å²) < 4.78 is 21.5. The predicted molar refractivity (Wildman–Crippen MR) is 307 cm³/mol. The molecule has 0 saturated carbocycles. The number of pyridine rings is 2. The van der Waals surface area contributed by atoms with Crippen LogP contribution in [0.5, 0.6) is 0 Å². The minimum Gasteiger partial charge on any atom is -0.465 e. The fourth-order valence-electron chi connectivity index (χ4n) is 10.2. The van der Waals surface area contributed by atoms with Crippen LogP contribution in [-0.4, -0.2) is 96.5 Å². The number of esters is 2. The number of anilines is 4. The normalized spacial score (nSPS) is 14.9. The zero-order chi connectivity index (χ0) is 56.3. The summed E-state index contributed by atoms with van der Waals surface area (Å²) in [6.45, 7) is 16.7. The quantitative estimate of drug-likeness (QED) is 0.0756. The van der Waals surface area contributed by atoms with Crippen molar-refractivity contribution in [3.63, 3.8) is 0 Å². The van der Waals surface area contributed by atoms with Crippen molar-refractivity contribution in [2.75, 3.05) is 51.2 Å². The minimum absolute atomic E-state index is 0.197. The van der Waals surface area contributed by atoms with Crippen molar-refractivity contribution < 1.29 is 38.1 Å². The van der Waals surface area contributed by atoms with Crippen molar-refractivity contribution in [2.24, 2.45) is 0 Å². The number of carbonyl (C=O) groups is 4. The number of fused-ring (bicyclic) bond motifs is 2. The third-order valence-corrected chi connectivity index (χ3v) is 14.5. The standard InChI is InChI=1S/2C32H39N3O4/c2*1-7-22-8-11-25(12-9-22)34(5)26-13-14-27-23(20-26)17-19-35(31(37)39-32(2,3)4)29(27)15-10-24-21-33-18-16-28(24)30(36)38-6/h2*8-9,11-14,16,18,20-21,29H,7,10,15,17,19H2,1-6H3/t2*29-/m10/s1. The van der Waals surface area contributed by atoms with E-state index in [1.807, 2.05) is 51.3 Å². The van der Waals surface area contributed by atoms with Gasteiger partial charge in [-0.05, 0) is 198 Å². The smallest absolute Gasteiger partial charge is 0.410 e. The van der Waals surface area contributed by atoms with Gasteiger partial charge >= 0.3 is 24.1 Å². The number of ether oxygens (including phenoxy) is 4. The summed E-state index contributed by atoms with van der Waals surface area (Å²) in [4.78, 5) is 67.7. The lowest BCUT2D eigenvalue weighted by Gasteiger charge is -2.39. The lowest BCUT2D eigenvalue weighted by molar-refractivity contribution is 0.0122. The number of aryl methyl sites for hydroxylation is 4. The van der Waals surface area contributed by atoms with Crippen LogP contribution >= 0.6 is 0 Å². The lowest BCUT2D eigenvalue weighted by Crippen LogP contribution is -2.43. The van der Waals surface area contributed by atoms with Crippen LogP contribution in [0.1, 0.15) is 146 Å². The van der Waals surface area contributed by atoms with E-state index in [4.69, 9.17) is 18.9 Å². The number of carbonyl (C=O) groups excluding carboxylic acids is 4. The Balaban J connectivity index is 0.000000226. The Morgan fingerprint density at radius 3 is 1.23 bits per heavy atom. The van der Waals surface area contributed by atoms with Crippen molar-refractivity contribution in [2.45, 2.75) is 130 Å². The molecule has 0 saturated heterocycles. The van der Waals surface area contributed by atoms with E-state index < -0.39 is 11.2 Å². The summed E-state index contributed by atoms with van der Waals surface area (Å²) in [5, 5.41) is 0. The fourth-order valence-corrected chi connectivity index (χ4v) is 10.2. The van der Waals surface area contributed by atoms with Gasteiger partial charge in [-0.25, -0.2) is 19.2 Å². The second kappa shape index (κ2) is 25.6. The second-order valence-electron chi connectivity index (χ2n) is 21.9. The molecular formula is C64H78N6O8. The van der Waals surface area contributed by atoms with E-state index in [2.05, 4.69) is 133 Å². The SMILES string of the molecule is CCc1ccc(N(C)c2ccc3c(c2)CCN(C(=O)OC(C)(C)C)[C@@H]3CCc2cnccc2C(=O)OC)cc1.CCc1ccc(N(C)c2ccc3c(c2)CCN(C(=O)OC(C)(C)C)[C@H]3CCc2cnccc2C(=O)OC)cc1. The maximum atomic E-state index is 13.3. The molecule has 6 aromatic rings. The molecule has 78 heavy (non-hydrogen) atoms. The van der Waals surface area contributed by atoms with Gasteiger partial charge in [-0.1, -0.05) is 50.2 Å². The first-order valence-corrected chi connectivity index (χ1v) is 27.1. The first kappa shape index (κ1) is 58.0. The summed E-state index contributed by atoms with van der Waals surface area (Å²) in [6.07, 6.45) is 11.8. The summed E-state index contributed by atoms with van der Waals surface area (Å²) in [6, 6.07) is 33.2. The average Bonchev–Trinajstić information content (AvgIpc) is 3.50.